The molecule has 1 atom stereocenters. The second-order valence-corrected chi connectivity index (χ2v) is 7.89. The van der Waals surface area contributed by atoms with Gasteiger partial charge in [-0.3, -0.25) is 19.7 Å². The van der Waals surface area contributed by atoms with E-state index in [1.807, 2.05) is 20.8 Å². The number of ketones is 1. The van der Waals surface area contributed by atoms with E-state index in [4.69, 9.17) is 4.74 Å². The van der Waals surface area contributed by atoms with Gasteiger partial charge in [0.05, 0.1) is 22.6 Å². The van der Waals surface area contributed by atoms with Crippen LogP contribution in [-0.2, 0) is 9.59 Å². The first-order chi connectivity index (χ1) is 15.2. The summed E-state index contributed by atoms with van der Waals surface area (Å²) in [6.45, 7) is 6.18. The number of carbonyl (C=O) groups is 2. The van der Waals surface area contributed by atoms with Crippen molar-refractivity contribution in [3.63, 3.8) is 0 Å². The average Bonchev–Trinajstić information content (AvgIpc) is 3.02. The molecule has 1 saturated heterocycles. The van der Waals surface area contributed by atoms with E-state index in [0.717, 1.165) is 6.42 Å². The number of carbonyl (C=O) groups excluding carboxylic acids is 2. The third-order valence-corrected chi connectivity index (χ3v) is 5.21. The van der Waals surface area contributed by atoms with Gasteiger partial charge in [0, 0.05) is 24.2 Å². The molecule has 1 aliphatic rings. The number of ether oxygens (including phenoxy) is 1. The Balaban J connectivity index is 2.08. The van der Waals surface area contributed by atoms with Crippen molar-refractivity contribution < 1.29 is 24.4 Å². The Morgan fingerprint density at radius 3 is 2.28 bits per heavy atom. The van der Waals surface area contributed by atoms with Crippen LogP contribution in [0.4, 0.5) is 5.69 Å². The number of amides is 1. The predicted molar refractivity (Wildman–Crippen MR) is 119 cm³/mol. The van der Waals surface area contributed by atoms with Crippen molar-refractivity contribution in [2.24, 2.45) is 0 Å². The van der Waals surface area contributed by atoms with Crippen molar-refractivity contribution in [1.82, 2.24) is 4.90 Å². The minimum absolute atomic E-state index is 0.00169. The van der Waals surface area contributed by atoms with Gasteiger partial charge in [0.25, 0.3) is 17.4 Å². The quantitative estimate of drug-likeness (QED) is 0.212. The molecule has 3 rings (SSSR count). The van der Waals surface area contributed by atoms with Gasteiger partial charge in [0.15, 0.2) is 0 Å². The Morgan fingerprint density at radius 1 is 1.12 bits per heavy atom. The number of Topliss-reactive ketones (excluding diaryl/α,β-unsaturated/α-hetero) is 1. The molecule has 168 valence electrons. The Kier molecular flexibility index (Phi) is 6.92. The zero-order valence-electron chi connectivity index (χ0n) is 18.3. The maximum absolute atomic E-state index is 12.9. The molecule has 0 radical (unpaired) electrons. The molecule has 0 spiro atoms. The lowest BCUT2D eigenvalue weighted by atomic mass is 9.95. The normalized spacial score (nSPS) is 17.8. The minimum atomic E-state index is -0.774. The first-order valence-corrected chi connectivity index (χ1v) is 10.5. The molecule has 1 heterocycles. The van der Waals surface area contributed by atoms with Crippen molar-refractivity contribution in [3.05, 3.63) is 75.3 Å². The Bertz CT molecular complexity index is 1040. The summed E-state index contributed by atoms with van der Waals surface area (Å²) >= 11 is 0. The summed E-state index contributed by atoms with van der Waals surface area (Å²) in [5.41, 5.74) is 0.730. The lowest BCUT2D eigenvalue weighted by molar-refractivity contribution is -0.384. The number of hydrogen-bond acceptors (Lipinski definition) is 6. The van der Waals surface area contributed by atoms with Gasteiger partial charge in [0.1, 0.15) is 11.5 Å². The van der Waals surface area contributed by atoms with Crippen molar-refractivity contribution in [2.75, 3.05) is 6.54 Å². The number of hydrogen-bond donors (Lipinski definition) is 1. The van der Waals surface area contributed by atoms with Crippen molar-refractivity contribution in [1.29, 1.82) is 0 Å². The summed E-state index contributed by atoms with van der Waals surface area (Å²) in [5, 5.41) is 21.9. The smallest absolute Gasteiger partial charge is 0.295 e. The molecule has 0 aliphatic carbocycles. The maximum Gasteiger partial charge on any atom is 0.295 e. The van der Waals surface area contributed by atoms with Gasteiger partial charge in [-0.2, -0.15) is 0 Å². The van der Waals surface area contributed by atoms with Gasteiger partial charge in [-0.1, -0.05) is 25.5 Å². The van der Waals surface area contributed by atoms with Gasteiger partial charge in [-0.15, -0.1) is 0 Å². The molecular formula is C24H26N2O6. The van der Waals surface area contributed by atoms with E-state index in [-0.39, 0.29) is 28.7 Å². The number of aliphatic hydroxyl groups excluding tert-OH is 1. The number of nitrogens with zero attached hydrogens (tertiary/aromatic N) is 2. The van der Waals surface area contributed by atoms with Crippen LogP contribution in [0.1, 0.15) is 50.8 Å². The zero-order chi connectivity index (χ0) is 23.4. The van der Waals surface area contributed by atoms with Gasteiger partial charge in [0.2, 0.25) is 0 Å². The summed E-state index contributed by atoms with van der Waals surface area (Å²) < 4.78 is 5.68. The number of non-ortho nitro benzene ring substituents is 1. The molecule has 2 aromatic carbocycles. The standard InChI is InChI=1S/C24H26N2O6/c1-4-5-14-25-21(16-8-12-19(13-9-16)32-15(2)3)20(23(28)24(25)29)22(27)17-6-10-18(11-7-17)26(30)31/h6-13,15,21,27H,4-5,14H2,1-3H3/b22-20-. The van der Waals surface area contributed by atoms with Crippen molar-refractivity contribution in [3.8, 4) is 5.75 Å². The van der Waals surface area contributed by atoms with Gasteiger partial charge in [-0.05, 0) is 50.1 Å². The molecule has 1 unspecified atom stereocenters. The van der Waals surface area contributed by atoms with Crippen LogP contribution in [-0.4, -0.2) is 39.3 Å². The van der Waals surface area contributed by atoms with Crippen LogP contribution >= 0.6 is 0 Å². The Morgan fingerprint density at radius 2 is 1.75 bits per heavy atom. The van der Waals surface area contributed by atoms with E-state index in [1.165, 1.54) is 29.2 Å². The zero-order valence-corrected chi connectivity index (χ0v) is 18.3. The molecule has 2 aromatic rings. The van der Waals surface area contributed by atoms with Crippen LogP contribution in [0.5, 0.6) is 5.75 Å². The number of rotatable bonds is 8. The minimum Gasteiger partial charge on any atom is -0.507 e. The van der Waals surface area contributed by atoms with Gasteiger partial charge >= 0.3 is 0 Å². The van der Waals surface area contributed by atoms with Crippen molar-refractivity contribution >= 4 is 23.1 Å². The molecule has 0 saturated carbocycles. The highest BCUT2D eigenvalue weighted by Crippen LogP contribution is 2.40. The Labute approximate surface area is 186 Å². The number of aliphatic hydroxyl groups is 1. The lowest BCUT2D eigenvalue weighted by Gasteiger charge is -2.25. The number of unbranched alkanes of at least 4 members (excludes halogenated alkanes) is 1. The molecule has 1 aliphatic heterocycles. The molecule has 0 bridgehead atoms. The third kappa shape index (κ3) is 4.64. The van der Waals surface area contributed by atoms with Crippen LogP contribution in [0.25, 0.3) is 5.76 Å². The SMILES string of the molecule is CCCCN1C(=O)C(=O)/C(=C(\O)c2ccc([N+](=O)[O-])cc2)C1c1ccc(OC(C)C)cc1. The van der Waals surface area contributed by atoms with Gasteiger partial charge in [-0.25, -0.2) is 0 Å². The summed E-state index contributed by atoms with van der Waals surface area (Å²) in [6.07, 6.45) is 1.53. The van der Waals surface area contributed by atoms with Gasteiger partial charge < -0.3 is 14.7 Å². The molecule has 1 N–H and O–H groups in total. The monoisotopic (exact) mass is 438 g/mol. The van der Waals surface area contributed by atoms with Crippen LogP contribution in [0, 0.1) is 10.1 Å². The highest BCUT2D eigenvalue weighted by atomic mass is 16.6. The maximum atomic E-state index is 12.9. The number of benzene rings is 2. The van der Waals surface area contributed by atoms with Crippen LogP contribution in [0.3, 0.4) is 0 Å². The second-order valence-electron chi connectivity index (χ2n) is 7.89. The van der Waals surface area contributed by atoms with E-state index >= 15 is 0 Å². The molecular weight excluding hydrogens is 412 g/mol. The lowest BCUT2D eigenvalue weighted by Crippen LogP contribution is -2.30. The average molecular weight is 438 g/mol. The fourth-order valence-corrected chi connectivity index (χ4v) is 3.68. The molecule has 32 heavy (non-hydrogen) atoms. The molecule has 8 nitrogen and oxygen atoms in total. The highest BCUT2D eigenvalue weighted by Gasteiger charge is 2.45. The predicted octanol–water partition coefficient (Wildman–Crippen LogP) is 4.60. The van der Waals surface area contributed by atoms with Crippen LogP contribution in [0.2, 0.25) is 0 Å². The fourth-order valence-electron chi connectivity index (χ4n) is 3.68. The van der Waals surface area contributed by atoms with Crippen LogP contribution < -0.4 is 4.74 Å². The first-order valence-electron chi connectivity index (χ1n) is 10.5. The summed E-state index contributed by atoms with van der Waals surface area (Å²) in [5.74, 6) is -1.15. The first kappa shape index (κ1) is 23.0. The summed E-state index contributed by atoms with van der Waals surface area (Å²) in [6, 6.07) is 11.5. The largest absolute Gasteiger partial charge is 0.507 e. The fraction of sp³-hybridized carbons (Fsp3) is 0.333. The Hall–Kier alpha value is -3.68. The second kappa shape index (κ2) is 9.64. The van der Waals surface area contributed by atoms with Crippen molar-refractivity contribution in [2.45, 2.75) is 45.8 Å². The summed E-state index contributed by atoms with van der Waals surface area (Å²) in [4.78, 5) is 37.6. The molecule has 8 heteroatoms. The van der Waals surface area contributed by atoms with Crippen LogP contribution in [0.15, 0.2) is 54.1 Å². The number of nitro groups is 1. The molecule has 1 amide bonds. The topological polar surface area (TPSA) is 110 Å². The number of likely N-dealkylation sites (tertiary alicyclic amines) is 1. The number of nitro benzene ring substituents is 1. The van der Waals surface area contributed by atoms with E-state index < -0.39 is 22.7 Å². The third-order valence-electron chi connectivity index (χ3n) is 5.21. The van der Waals surface area contributed by atoms with E-state index in [9.17, 15) is 24.8 Å². The highest BCUT2D eigenvalue weighted by molar-refractivity contribution is 6.46. The van der Waals surface area contributed by atoms with E-state index in [1.54, 1.807) is 24.3 Å². The van der Waals surface area contributed by atoms with E-state index in [0.29, 0.717) is 24.3 Å². The summed E-state index contributed by atoms with van der Waals surface area (Å²) in [7, 11) is 0. The van der Waals surface area contributed by atoms with E-state index in [2.05, 4.69) is 0 Å². The molecule has 0 aromatic heterocycles. The molecule has 1 fully saturated rings.